The van der Waals surface area contributed by atoms with Gasteiger partial charge in [-0.1, -0.05) is 122 Å². The Bertz CT molecular complexity index is 849. The SMILES string of the molecule is CCCCCCCCCCCCCCCCc1ccccc1C(=Cc1ccc(CC)o1)C(N)=O. The quantitative estimate of drug-likeness (QED) is 0.166. The lowest BCUT2D eigenvalue weighted by Gasteiger charge is -2.11. The van der Waals surface area contributed by atoms with Gasteiger partial charge in [-0.25, -0.2) is 0 Å². The van der Waals surface area contributed by atoms with Gasteiger partial charge in [0, 0.05) is 6.42 Å². The van der Waals surface area contributed by atoms with Crippen LogP contribution in [-0.4, -0.2) is 5.91 Å². The zero-order chi connectivity index (χ0) is 24.4. The molecule has 1 heterocycles. The van der Waals surface area contributed by atoms with E-state index in [0.717, 1.165) is 30.6 Å². The second-order valence-electron chi connectivity index (χ2n) is 9.58. The molecular weight excluding hydrogens is 418 g/mol. The fourth-order valence-corrected chi connectivity index (χ4v) is 4.60. The fourth-order valence-electron chi connectivity index (χ4n) is 4.60. The first-order valence-corrected chi connectivity index (χ1v) is 13.8. The standard InChI is InChI=1S/C31H47NO2/c1-3-5-6-7-8-9-10-11-12-13-14-15-16-17-20-26-21-18-19-22-29(26)30(31(32)33)25-28-24-23-27(4-2)34-28/h18-19,21-25H,3-17,20H2,1-2H3,(H2,32,33). The van der Waals surface area contributed by atoms with Gasteiger partial charge in [0.25, 0.3) is 0 Å². The van der Waals surface area contributed by atoms with Crippen LogP contribution in [0.2, 0.25) is 0 Å². The highest BCUT2D eigenvalue weighted by Gasteiger charge is 2.14. The lowest BCUT2D eigenvalue weighted by Crippen LogP contribution is -2.14. The molecule has 1 aromatic carbocycles. The Balaban J connectivity index is 1.69. The Morgan fingerprint density at radius 3 is 1.85 bits per heavy atom. The van der Waals surface area contributed by atoms with E-state index in [1.165, 1.54) is 89.0 Å². The Labute approximate surface area is 208 Å². The van der Waals surface area contributed by atoms with Crippen molar-refractivity contribution < 1.29 is 9.21 Å². The molecule has 0 radical (unpaired) electrons. The summed E-state index contributed by atoms with van der Waals surface area (Å²) in [6.45, 7) is 4.33. The van der Waals surface area contributed by atoms with Crippen molar-refractivity contribution in [2.75, 3.05) is 0 Å². The Morgan fingerprint density at radius 1 is 0.765 bits per heavy atom. The lowest BCUT2D eigenvalue weighted by molar-refractivity contribution is -0.112. The summed E-state index contributed by atoms with van der Waals surface area (Å²) in [6.07, 6.45) is 22.6. The average molecular weight is 466 g/mol. The zero-order valence-corrected chi connectivity index (χ0v) is 21.7. The Kier molecular flexibility index (Phi) is 14.1. The van der Waals surface area contributed by atoms with E-state index in [1.54, 1.807) is 6.08 Å². The van der Waals surface area contributed by atoms with E-state index in [4.69, 9.17) is 10.2 Å². The van der Waals surface area contributed by atoms with Crippen molar-refractivity contribution in [2.24, 2.45) is 5.73 Å². The van der Waals surface area contributed by atoms with Gasteiger partial charge in [0.1, 0.15) is 11.5 Å². The summed E-state index contributed by atoms with van der Waals surface area (Å²) in [5.41, 5.74) is 8.40. The van der Waals surface area contributed by atoms with Crippen molar-refractivity contribution in [3.8, 4) is 0 Å². The highest BCUT2D eigenvalue weighted by molar-refractivity contribution is 6.23. The molecule has 0 atom stereocenters. The van der Waals surface area contributed by atoms with Crippen LogP contribution < -0.4 is 5.73 Å². The molecule has 3 nitrogen and oxygen atoms in total. The molecule has 2 N–H and O–H groups in total. The molecule has 0 unspecified atom stereocenters. The maximum absolute atomic E-state index is 12.2. The summed E-state index contributed by atoms with van der Waals surface area (Å²) in [4.78, 5) is 12.2. The van der Waals surface area contributed by atoms with E-state index < -0.39 is 5.91 Å². The second kappa shape index (κ2) is 17.2. The van der Waals surface area contributed by atoms with E-state index in [-0.39, 0.29) is 0 Å². The summed E-state index contributed by atoms with van der Waals surface area (Å²) in [6, 6.07) is 12.0. The number of amides is 1. The molecule has 1 amide bonds. The normalized spacial score (nSPS) is 11.8. The first kappa shape index (κ1) is 28.0. The van der Waals surface area contributed by atoms with Gasteiger partial charge < -0.3 is 10.2 Å². The van der Waals surface area contributed by atoms with E-state index in [1.807, 2.05) is 37.3 Å². The first-order chi connectivity index (χ1) is 16.7. The summed E-state index contributed by atoms with van der Waals surface area (Å²) in [5.74, 6) is 1.17. The predicted molar refractivity (Wildman–Crippen MR) is 146 cm³/mol. The highest BCUT2D eigenvalue weighted by atomic mass is 16.3. The predicted octanol–water partition coefficient (Wildman–Crippen LogP) is 8.89. The monoisotopic (exact) mass is 465 g/mol. The number of rotatable bonds is 19. The van der Waals surface area contributed by atoms with Crippen molar-refractivity contribution in [1.29, 1.82) is 0 Å². The maximum atomic E-state index is 12.2. The molecule has 0 fully saturated rings. The number of unbranched alkanes of at least 4 members (excludes halogenated alkanes) is 13. The van der Waals surface area contributed by atoms with Crippen molar-refractivity contribution in [3.05, 3.63) is 59.0 Å². The summed E-state index contributed by atoms with van der Waals surface area (Å²) < 4.78 is 5.78. The minimum atomic E-state index is -0.414. The van der Waals surface area contributed by atoms with Gasteiger partial charge in [0.2, 0.25) is 5.91 Å². The number of hydrogen-bond donors (Lipinski definition) is 1. The van der Waals surface area contributed by atoms with Gasteiger partial charge in [-0.05, 0) is 42.2 Å². The van der Waals surface area contributed by atoms with Crippen LogP contribution in [-0.2, 0) is 17.6 Å². The van der Waals surface area contributed by atoms with Crippen LogP contribution >= 0.6 is 0 Å². The number of carbonyl (C=O) groups excluding carboxylic acids is 1. The lowest BCUT2D eigenvalue weighted by atomic mass is 9.94. The number of hydrogen-bond acceptors (Lipinski definition) is 2. The molecule has 0 aliphatic heterocycles. The van der Waals surface area contributed by atoms with Crippen LogP contribution in [0.3, 0.4) is 0 Å². The van der Waals surface area contributed by atoms with Crippen molar-refractivity contribution in [2.45, 2.75) is 117 Å². The number of benzene rings is 1. The summed E-state index contributed by atoms with van der Waals surface area (Å²) in [5, 5.41) is 0. The van der Waals surface area contributed by atoms with Gasteiger partial charge in [0.05, 0.1) is 5.57 Å². The molecule has 3 heteroatoms. The number of carbonyl (C=O) groups is 1. The third-order valence-corrected chi connectivity index (χ3v) is 6.69. The molecule has 0 spiro atoms. The molecule has 0 aliphatic carbocycles. The van der Waals surface area contributed by atoms with Crippen LogP contribution in [0.1, 0.15) is 126 Å². The maximum Gasteiger partial charge on any atom is 0.249 e. The van der Waals surface area contributed by atoms with Crippen LogP contribution in [0, 0.1) is 0 Å². The highest BCUT2D eigenvalue weighted by Crippen LogP contribution is 2.25. The molecule has 0 aliphatic rings. The van der Waals surface area contributed by atoms with E-state index in [2.05, 4.69) is 13.0 Å². The molecule has 2 rings (SSSR count). The summed E-state index contributed by atoms with van der Waals surface area (Å²) >= 11 is 0. The van der Waals surface area contributed by atoms with Crippen LogP contribution in [0.4, 0.5) is 0 Å². The van der Waals surface area contributed by atoms with Crippen molar-refractivity contribution in [3.63, 3.8) is 0 Å². The average Bonchev–Trinajstić information content (AvgIpc) is 3.31. The minimum Gasteiger partial charge on any atom is -0.462 e. The van der Waals surface area contributed by atoms with Gasteiger partial charge in [-0.15, -0.1) is 0 Å². The number of nitrogens with two attached hydrogens (primary N) is 1. The van der Waals surface area contributed by atoms with Gasteiger partial charge in [0.15, 0.2) is 0 Å². The van der Waals surface area contributed by atoms with Gasteiger partial charge in [-0.3, -0.25) is 4.79 Å². The molecule has 0 saturated heterocycles. The molecule has 2 aromatic rings. The number of furan rings is 1. The van der Waals surface area contributed by atoms with E-state index in [0.29, 0.717) is 11.3 Å². The smallest absolute Gasteiger partial charge is 0.249 e. The molecule has 188 valence electrons. The molecule has 1 aromatic heterocycles. The summed E-state index contributed by atoms with van der Waals surface area (Å²) in [7, 11) is 0. The largest absolute Gasteiger partial charge is 0.462 e. The fraction of sp³-hybridized carbons (Fsp3) is 0.581. The van der Waals surface area contributed by atoms with Gasteiger partial charge in [-0.2, -0.15) is 0 Å². The van der Waals surface area contributed by atoms with Crippen LogP contribution in [0.25, 0.3) is 11.6 Å². The Morgan fingerprint density at radius 2 is 1.32 bits per heavy atom. The zero-order valence-electron chi connectivity index (χ0n) is 21.7. The number of primary amides is 1. The molecule has 0 saturated carbocycles. The molecular formula is C31H47NO2. The van der Waals surface area contributed by atoms with Crippen LogP contribution in [0.5, 0.6) is 0 Å². The Hall–Kier alpha value is -2.29. The second-order valence-corrected chi connectivity index (χ2v) is 9.58. The first-order valence-electron chi connectivity index (χ1n) is 13.8. The topological polar surface area (TPSA) is 56.2 Å². The third-order valence-electron chi connectivity index (χ3n) is 6.69. The van der Waals surface area contributed by atoms with Gasteiger partial charge >= 0.3 is 0 Å². The minimum absolute atomic E-state index is 0.414. The number of aryl methyl sites for hydroxylation is 2. The van der Waals surface area contributed by atoms with Crippen LogP contribution in [0.15, 0.2) is 40.8 Å². The molecule has 0 bridgehead atoms. The van der Waals surface area contributed by atoms with E-state index >= 15 is 0 Å². The van der Waals surface area contributed by atoms with E-state index in [9.17, 15) is 4.79 Å². The van der Waals surface area contributed by atoms with Crippen molar-refractivity contribution in [1.82, 2.24) is 0 Å². The third kappa shape index (κ3) is 10.8. The molecule has 34 heavy (non-hydrogen) atoms. The van der Waals surface area contributed by atoms with Crippen molar-refractivity contribution >= 4 is 17.6 Å².